The van der Waals surface area contributed by atoms with E-state index in [0.29, 0.717) is 0 Å². The maximum absolute atomic E-state index is 6.77. The zero-order valence-corrected chi connectivity index (χ0v) is 40.0. The van der Waals surface area contributed by atoms with E-state index in [1.165, 1.54) is 64.7 Å². The van der Waals surface area contributed by atoms with Crippen LogP contribution in [0.2, 0.25) is 0 Å². The van der Waals surface area contributed by atoms with Gasteiger partial charge in [-0.05, 0) is 140 Å². The summed E-state index contributed by atoms with van der Waals surface area (Å²) >= 11 is 1.89. The average Bonchev–Trinajstić information content (AvgIpc) is 3.93. The summed E-state index contributed by atoms with van der Waals surface area (Å²) in [7, 11) is 0. The molecule has 0 bridgehead atoms. The van der Waals surface area contributed by atoms with Crippen molar-refractivity contribution in [2.45, 2.75) is 52.4 Å². The molecule has 6 heteroatoms. The molecule has 0 atom stereocenters. The van der Waals surface area contributed by atoms with Crippen LogP contribution in [0.4, 0.5) is 51.2 Å². The molecule has 0 aliphatic carbocycles. The lowest BCUT2D eigenvalue weighted by molar-refractivity contribution is 0.590. The van der Waals surface area contributed by atoms with Gasteiger partial charge in [-0.2, -0.15) is 0 Å². The van der Waals surface area contributed by atoms with Gasteiger partial charge in [-0.1, -0.05) is 145 Å². The number of fused-ring (bicyclic) bond motifs is 11. The standard InChI is InChI=1S/C62H50BN3OS/c1-61(2,3)39-26-30-42(31-27-39)65-49-21-15-22-50-58(49)63(59-51(65)36-37-56-57(59)47-19-11-13-25-55(47)68-56)48-35-34-44(38-53(48)66(50)43-32-28-40(29-33-43)62(4,5)6)64(41-16-8-7-9-17-41)52-23-14-20-46-45-18-10-12-24-54(45)67-60(46)52/h7-38H,1-6H3. The summed E-state index contributed by atoms with van der Waals surface area (Å²) in [6, 6.07) is 72.1. The first-order valence-corrected chi connectivity index (χ1v) is 24.6. The molecule has 0 unspecified atom stereocenters. The molecule has 0 N–H and O–H groups in total. The van der Waals surface area contributed by atoms with E-state index in [1.54, 1.807) is 0 Å². The highest BCUT2D eigenvalue weighted by molar-refractivity contribution is 7.26. The van der Waals surface area contributed by atoms with Crippen molar-refractivity contribution in [3.63, 3.8) is 0 Å². The van der Waals surface area contributed by atoms with Gasteiger partial charge in [-0.25, -0.2) is 0 Å². The Bertz CT molecular complexity index is 3780. The first-order chi connectivity index (χ1) is 33.0. The number of para-hydroxylation sites is 3. The number of furan rings is 1. The van der Waals surface area contributed by atoms with E-state index in [0.717, 1.165) is 56.1 Å². The second-order valence-corrected chi connectivity index (χ2v) is 21.6. The maximum Gasteiger partial charge on any atom is 0.253 e. The Kier molecular flexibility index (Phi) is 8.97. The highest BCUT2D eigenvalue weighted by Gasteiger charge is 2.45. The molecule has 2 aliphatic heterocycles. The number of hydrogen-bond donors (Lipinski definition) is 0. The smallest absolute Gasteiger partial charge is 0.253 e. The van der Waals surface area contributed by atoms with E-state index in [9.17, 15) is 0 Å². The number of anilines is 9. The van der Waals surface area contributed by atoms with Crippen LogP contribution in [-0.2, 0) is 10.8 Å². The van der Waals surface area contributed by atoms with E-state index >= 15 is 0 Å². The lowest BCUT2D eigenvalue weighted by Gasteiger charge is -2.44. The van der Waals surface area contributed by atoms with Crippen LogP contribution in [0, 0.1) is 0 Å². The number of hydrogen-bond acceptors (Lipinski definition) is 5. The highest BCUT2D eigenvalue weighted by Crippen LogP contribution is 2.49. The molecule has 0 saturated carbocycles. The third-order valence-corrected chi connectivity index (χ3v) is 15.5. The van der Waals surface area contributed by atoms with Crippen molar-refractivity contribution in [3.05, 3.63) is 205 Å². The fourth-order valence-electron chi connectivity index (χ4n) is 11.1. The van der Waals surface area contributed by atoms with E-state index in [2.05, 4.69) is 244 Å². The van der Waals surface area contributed by atoms with Gasteiger partial charge in [0.05, 0.1) is 5.69 Å². The molecule has 4 heterocycles. The van der Waals surface area contributed by atoms with Crippen molar-refractivity contribution in [3.8, 4) is 0 Å². The summed E-state index contributed by atoms with van der Waals surface area (Å²) in [5.41, 5.74) is 18.5. The van der Waals surface area contributed by atoms with Crippen molar-refractivity contribution in [2.75, 3.05) is 14.7 Å². The van der Waals surface area contributed by atoms with Crippen molar-refractivity contribution >= 4 is 128 Å². The van der Waals surface area contributed by atoms with Gasteiger partial charge in [0, 0.05) is 65.7 Å². The molecule has 0 amide bonds. The molecule has 13 rings (SSSR count). The minimum absolute atomic E-state index is 0.0117. The fourth-order valence-corrected chi connectivity index (χ4v) is 12.2. The zero-order chi connectivity index (χ0) is 46.1. The minimum atomic E-state index is -0.0545. The third-order valence-electron chi connectivity index (χ3n) is 14.4. The molecule has 9 aromatic carbocycles. The molecule has 0 radical (unpaired) electrons. The number of rotatable bonds is 5. The Morgan fingerprint density at radius 1 is 0.456 bits per heavy atom. The van der Waals surface area contributed by atoms with Crippen LogP contribution in [0.15, 0.2) is 199 Å². The fraction of sp³-hybridized carbons (Fsp3) is 0.129. The van der Waals surface area contributed by atoms with Crippen molar-refractivity contribution < 1.29 is 4.42 Å². The monoisotopic (exact) mass is 895 g/mol. The van der Waals surface area contributed by atoms with E-state index in [1.807, 2.05) is 17.4 Å². The van der Waals surface area contributed by atoms with Crippen molar-refractivity contribution in [1.29, 1.82) is 0 Å². The Balaban J connectivity index is 1.11. The van der Waals surface area contributed by atoms with Gasteiger partial charge in [-0.15, -0.1) is 11.3 Å². The Morgan fingerprint density at radius 2 is 1.04 bits per heavy atom. The van der Waals surface area contributed by atoms with Gasteiger partial charge < -0.3 is 19.1 Å². The quantitative estimate of drug-likeness (QED) is 0.161. The highest BCUT2D eigenvalue weighted by atomic mass is 32.1. The molecule has 4 nitrogen and oxygen atoms in total. The first kappa shape index (κ1) is 40.7. The molecule has 68 heavy (non-hydrogen) atoms. The van der Waals surface area contributed by atoms with Gasteiger partial charge in [0.1, 0.15) is 5.58 Å². The lowest BCUT2D eigenvalue weighted by atomic mass is 9.33. The zero-order valence-electron chi connectivity index (χ0n) is 39.2. The van der Waals surface area contributed by atoms with Gasteiger partial charge in [0.2, 0.25) is 0 Å². The summed E-state index contributed by atoms with van der Waals surface area (Å²) < 4.78 is 9.39. The SMILES string of the molecule is CC(C)(C)c1ccc(N2c3cc(N(c4ccccc4)c4cccc5c4oc4ccccc45)ccc3B3c4c2cccc4N(c2ccc(C(C)(C)C)cc2)c2ccc4sc5ccccc5c4c23)cc1. The van der Waals surface area contributed by atoms with Crippen LogP contribution >= 0.6 is 11.3 Å². The maximum atomic E-state index is 6.77. The average molecular weight is 896 g/mol. The minimum Gasteiger partial charge on any atom is -0.454 e. The topological polar surface area (TPSA) is 22.9 Å². The van der Waals surface area contributed by atoms with Crippen molar-refractivity contribution in [1.82, 2.24) is 0 Å². The molecule has 0 fully saturated rings. The van der Waals surface area contributed by atoms with Crippen LogP contribution < -0.4 is 31.1 Å². The van der Waals surface area contributed by atoms with Gasteiger partial charge in [0.25, 0.3) is 6.71 Å². The predicted octanol–water partition coefficient (Wildman–Crippen LogP) is 16.1. The number of benzene rings is 9. The molecule has 0 spiro atoms. The predicted molar refractivity (Wildman–Crippen MR) is 293 cm³/mol. The molecule has 11 aromatic rings. The molecule has 0 saturated heterocycles. The van der Waals surface area contributed by atoms with Crippen LogP contribution in [0.25, 0.3) is 42.1 Å². The van der Waals surface area contributed by atoms with Gasteiger partial charge >= 0.3 is 0 Å². The van der Waals surface area contributed by atoms with Gasteiger partial charge in [0.15, 0.2) is 5.58 Å². The molecule has 328 valence electrons. The number of nitrogens with zero attached hydrogens (tertiary/aromatic N) is 3. The summed E-state index contributed by atoms with van der Waals surface area (Å²) in [6.45, 7) is 13.7. The van der Waals surface area contributed by atoms with Crippen LogP contribution in [-0.4, -0.2) is 6.71 Å². The third kappa shape index (κ3) is 6.20. The van der Waals surface area contributed by atoms with E-state index in [-0.39, 0.29) is 17.5 Å². The van der Waals surface area contributed by atoms with E-state index < -0.39 is 0 Å². The summed E-state index contributed by atoms with van der Waals surface area (Å²) in [6.07, 6.45) is 0. The molecule has 2 aliphatic rings. The second-order valence-electron chi connectivity index (χ2n) is 20.5. The Labute approximate surface area is 402 Å². The normalized spacial score (nSPS) is 13.4. The van der Waals surface area contributed by atoms with Crippen LogP contribution in [0.1, 0.15) is 52.7 Å². The van der Waals surface area contributed by atoms with E-state index in [4.69, 9.17) is 4.42 Å². The number of thiophene rings is 1. The molecular formula is C62H50BN3OS. The van der Waals surface area contributed by atoms with Crippen LogP contribution in [0.5, 0.6) is 0 Å². The molecule has 2 aromatic heterocycles. The lowest BCUT2D eigenvalue weighted by Crippen LogP contribution is -2.61. The van der Waals surface area contributed by atoms with Crippen LogP contribution in [0.3, 0.4) is 0 Å². The van der Waals surface area contributed by atoms with Crippen molar-refractivity contribution in [2.24, 2.45) is 0 Å². The molecular weight excluding hydrogens is 846 g/mol. The Hall–Kier alpha value is -7.54. The second kappa shape index (κ2) is 15.0. The van der Waals surface area contributed by atoms with Gasteiger partial charge in [-0.3, -0.25) is 0 Å². The first-order valence-electron chi connectivity index (χ1n) is 23.8. The summed E-state index contributed by atoms with van der Waals surface area (Å²) in [5, 5.41) is 4.86. The Morgan fingerprint density at radius 3 is 1.74 bits per heavy atom. The largest absolute Gasteiger partial charge is 0.454 e. The summed E-state index contributed by atoms with van der Waals surface area (Å²) in [5.74, 6) is 0. The summed E-state index contributed by atoms with van der Waals surface area (Å²) in [4.78, 5) is 7.44.